The number of morpholine rings is 1. The molecular formula is C13H20N6O2. The molecule has 0 aromatic carbocycles. The largest absolute Gasteiger partial charge is 0.390 e. The van der Waals surface area contributed by atoms with Gasteiger partial charge in [0, 0.05) is 32.0 Å². The second kappa shape index (κ2) is 6.33. The van der Waals surface area contributed by atoms with Gasteiger partial charge in [0.25, 0.3) is 0 Å². The normalized spacial score (nSPS) is 21.5. The van der Waals surface area contributed by atoms with Crippen LogP contribution in [-0.4, -0.2) is 67.3 Å². The molecular weight excluding hydrogens is 272 g/mol. The molecule has 2 aromatic heterocycles. The van der Waals surface area contributed by atoms with Gasteiger partial charge in [-0.25, -0.2) is 4.98 Å². The number of hydrogen-bond acceptors (Lipinski definition) is 6. The second-order valence-electron chi connectivity index (χ2n) is 5.28. The first-order chi connectivity index (χ1) is 10.2. The molecule has 0 radical (unpaired) electrons. The van der Waals surface area contributed by atoms with E-state index in [2.05, 4.69) is 25.2 Å². The quantitative estimate of drug-likeness (QED) is 0.789. The Morgan fingerprint density at radius 2 is 2.43 bits per heavy atom. The van der Waals surface area contributed by atoms with Crippen molar-refractivity contribution in [2.24, 2.45) is 0 Å². The van der Waals surface area contributed by atoms with Crippen LogP contribution in [0.4, 0.5) is 0 Å². The minimum Gasteiger partial charge on any atom is -0.390 e. The lowest BCUT2D eigenvalue weighted by Crippen LogP contribution is -2.43. The molecule has 8 nitrogen and oxygen atoms in total. The molecule has 0 saturated carbocycles. The van der Waals surface area contributed by atoms with E-state index in [1.54, 1.807) is 10.9 Å². The Bertz CT molecular complexity index is 555. The van der Waals surface area contributed by atoms with E-state index in [-0.39, 0.29) is 6.10 Å². The molecule has 0 unspecified atom stereocenters. The molecule has 114 valence electrons. The molecule has 2 N–H and O–H groups in total. The van der Waals surface area contributed by atoms with E-state index in [4.69, 9.17) is 4.74 Å². The van der Waals surface area contributed by atoms with Gasteiger partial charge in [-0.05, 0) is 13.0 Å². The monoisotopic (exact) mass is 292 g/mol. The summed E-state index contributed by atoms with van der Waals surface area (Å²) in [5.74, 6) is 1.46. The maximum Gasteiger partial charge on any atom is 0.180 e. The molecule has 0 amide bonds. The Morgan fingerprint density at radius 1 is 1.52 bits per heavy atom. The van der Waals surface area contributed by atoms with Crippen LogP contribution in [0.1, 0.15) is 17.8 Å². The maximum atomic E-state index is 10.2. The summed E-state index contributed by atoms with van der Waals surface area (Å²) in [6.07, 6.45) is 2.96. The van der Waals surface area contributed by atoms with E-state index < -0.39 is 6.10 Å². The highest BCUT2D eigenvalue weighted by molar-refractivity contribution is 4.95. The van der Waals surface area contributed by atoms with Gasteiger partial charge >= 0.3 is 0 Å². The number of nitrogens with zero attached hydrogens (tertiary/aromatic N) is 5. The van der Waals surface area contributed by atoms with Gasteiger partial charge in [0.15, 0.2) is 5.82 Å². The van der Waals surface area contributed by atoms with Crippen molar-refractivity contribution < 1.29 is 9.84 Å². The van der Waals surface area contributed by atoms with Gasteiger partial charge in [-0.1, -0.05) is 0 Å². The predicted octanol–water partition coefficient (Wildman–Crippen LogP) is -0.256. The molecule has 3 heterocycles. The SMILES string of the molecule is Cc1nc([C@H]2CN(C[C@@H](O)Cn3cccn3)CCO2)n[nH]1. The molecule has 21 heavy (non-hydrogen) atoms. The van der Waals surface area contributed by atoms with Crippen LogP contribution < -0.4 is 0 Å². The fraction of sp³-hybridized carbons (Fsp3) is 0.615. The summed E-state index contributed by atoms with van der Waals surface area (Å²) < 4.78 is 7.45. The van der Waals surface area contributed by atoms with Crippen LogP contribution in [0, 0.1) is 6.92 Å². The van der Waals surface area contributed by atoms with Gasteiger partial charge in [0.1, 0.15) is 11.9 Å². The van der Waals surface area contributed by atoms with E-state index in [9.17, 15) is 5.11 Å². The molecule has 3 rings (SSSR count). The van der Waals surface area contributed by atoms with Crippen molar-refractivity contribution in [1.29, 1.82) is 0 Å². The molecule has 8 heteroatoms. The first-order valence-electron chi connectivity index (χ1n) is 7.09. The van der Waals surface area contributed by atoms with Crippen LogP contribution in [-0.2, 0) is 11.3 Å². The molecule has 1 fully saturated rings. The summed E-state index contributed by atoms with van der Waals surface area (Å²) in [6, 6.07) is 1.85. The Morgan fingerprint density at radius 3 is 3.14 bits per heavy atom. The van der Waals surface area contributed by atoms with Crippen molar-refractivity contribution in [2.75, 3.05) is 26.2 Å². The molecule has 1 aliphatic heterocycles. The van der Waals surface area contributed by atoms with Crippen molar-refractivity contribution in [1.82, 2.24) is 29.9 Å². The Balaban J connectivity index is 1.53. The number of β-amino-alcohol motifs (C(OH)–C–C–N with tert-alkyl or cyclic N) is 1. The average Bonchev–Trinajstić information content (AvgIpc) is 3.10. The topological polar surface area (TPSA) is 92.1 Å². The predicted molar refractivity (Wildman–Crippen MR) is 74.5 cm³/mol. The van der Waals surface area contributed by atoms with E-state index in [1.165, 1.54) is 0 Å². The number of aromatic amines is 1. The third kappa shape index (κ3) is 3.66. The lowest BCUT2D eigenvalue weighted by Gasteiger charge is -2.32. The fourth-order valence-electron chi connectivity index (χ4n) is 2.51. The number of aliphatic hydroxyl groups is 1. The zero-order chi connectivity index (χ0) is 14.7. The number of H-pyrrole nitrogens is 1. The molecule has 1 saturated heterocycles. The maximum absolute atomic E-state index is 10.2. The number of rotatable bonds is 5. The van der Waals surface area contributed by atoms with E-state index in [0.29, 0.717) is 32.1 Å². The number of nitrogens with one attached hydrogen (secondary N) is 1. The van der Waals surface area contributed by atoms with Gasteiger partial charge in [0.05, 0.1) is 19.3 Å². The standard InChI is InChI=1S/C13H20N6O2/c1-10-15-13(17-16-10)12-9-18(5-6-21-12)7-11(20)8-19-4-2-3-14-19/h2-4,11-12,20H,5-9H2,1H3,(H,15,16,17)/t11-,12-/m1/s1. The van der Waals surface area contributed by atoms with Crippen molar-refractivity contribution in [3.8, 4) is 0 Å². The third-order valence-electron chi connectivity index (χ3n) is 3.48. The summed E-state index contributed by atoms with van der Waals surface area (Å²) >= 11 is 0. The smallest absolute Gasteiger partial charge is 0.180 e. The van der Waals surface area contributed by atoms with E-state index in [1.807, 2.05) is 19.2 Å². The Kier molecular flexibility index (Phi) is 4.28. The lowest BCUT2D eigenvalue weighted by molar-refractivity contribution is -0.0473. The third-order valence-corrected chi connectivity index (χ3v) is 3.48. The van der Waals surface area contributed by atoms with E-state index in [0.717, 1.165) is 12.4 Å². The van der Waals surface area contributed by atoms with Crippen LogP contribution in [0.25, 0.3) is 0 Å². The van der Waals surface area contributed by atoms with Crippen molar-refractivity contribution >= 4 is 0 Å². The highest BCUT2D eigenvalue weighted by Crippen LogP contribution is 2.19. The van der Waals surface area contributed by atoms with Crippen LogP contribution in [0.15, 0.2) is 18.5 Å². The summed E-state index contributed by atoms with van der Waals surface area (Å²) in [6.45, 7) is 5.05. The first-order valence-corrected chi connectivity index (χ1v) is 7.09. The van der Waals surface area contributed by atoms with Gasteiger partial charge < -0.3 is 9.84 Å². The van der Waals surface area contributed by atoms with E-state index >= 15 is 0 Å². The first kappa shape index (κ1) is 14.2. The molecule has 1 aliphatic rings. The molecule has 2 aromatic rings. The number of aryl methyl sites for hydroxylation is 1. The number of aliphatic hydroxyl groups excluding tert-OH is 1. The zero-order valence-electron chi connectivity index (χ0n) is 12.0. The van der Waals surface area contributed by atoms with Crippen LogP contribution >= 0.6 is 0 Å². The number of hydrogen-bond donors (Lipinski definition) is 2. The zero-order valence-corrected chi connectivity index (χ0v) is 12.0. The molecule has 0 aliphatic carbocycles. The van der Waals surface area contributed by atoms with Gasteiger partial charge in [-0.15, -0.1) is 0 Å². The highest BCUT2D eigenvalue weighted by atomic mass is 16.5. The van der Waals surface area contributed by atoms with Crippen LogP contribution in [0.3, 0.4) is 0 Å². The highest BCUT2D eigenvalue weighted by Gasteiger charge is 2.26. The summed E-state index contributed by atoms with van der Waals surface area (Å²) in [5, 5.41) is 21.2. The second-order valence-corrected chi connectivity index (χ2v) is 5.28. The summed E-state index contributed by atoms with van der Waals surface area (Å²) in [5.41, 5.74) is 0. The van der Waals surface area contributed by atoms with Crippen LogP contribution in [0.5, 0.6) is 0 Å². The molecule has 0 spiro atoms. The van der Waals surface area contributed by atoms with Crippen LogP contribution in [0.2, 0.25) is 0 Å². The molecule has 2 atom stereocenters. The van der Waals surface area contributed by atoms with Gasteiger partial charge in [-0.2, -0.15) is 10.2 Å². The van der Waals surface area contributed by atoms with Crippen molar-refractivity contribution in [3.05, 3.63) is 30.1 Å². The fourth-order valence-corrected chi connectivity index (χ4v) is 2.51. The summed E-state index contributed by atoms with van der Waals surface area (Å²) in [4.78, 5) is 6.49. The Labute approximate surface area is 122 Å². The lowest BCUT2D eigenvalue weighted by atomic mass is 10.2. The van der Waals surface area contributed by atoms with Gasteiger partial charge in [-0.3, -0.25) is 14.7 Å². The Hall–Kier alpha value is -1.77. The van der Waals surface area contributed by atoms with Gasteiger partial charge in [0.2, 0.25) is 0 Å². The average molecular weight is 292 g/mol. The number of aromatic nitrogens is 5. The number of ether oxygens (including phenoxy) is 1. The van der Waals surface area contributed by atoms with Crippen molar-refractivity contribution in [2.45, 2.75) is 25.7 Å². The molecule has 0 bridgehead atoms. The minimum absolute atomic E-state index is 0.138. The summed E-state index contributed by atoms with van der Waals surface area (Å²) in [7, 11) is 0. The van der Waals surface area contributed by atoms with Crippen molar-refractivity contribution in [3.63, 3.8) is 0 Å². The minimum atomic E-state index is -0.461.